The minimum absolute atomic E-state index is 0.0694. The summed E-state index contributed by atoms with van der Waals surface area (Å²) in [6.45, 7) is 0. The molecule has 1 radical (unpaired) electrons. The predicted octanol–water partition coefficient (Wildman–Crippen LogP) is 0.947. The van der Waals surface area contributed by atoms with E-state index in [1.165, 1.54) is 0 Å². The third-order valence-corrected chi connectivity index (χ3v) is 2.96. The van der Waals surface area contributed by atoms with Crippen LogP contribution in [-0.2, 0) is 0 Å². The zero-order chi connectivity index (χ0) is 5.11. The Kier molecular flexibility index (Phi) is 2.35. The minimum Gasteiger partial charge on any atom is -0.391 e. The third-order valence-electron chi connectivity index (χ3n) is 0.713. The Morgan fingerprint density at radius 1 is 1.43 bits per heavy atom. The van der Waals surface area contributed by atoms with Crippen molar-refractivity contribution in [2.75, 3.05) is 11.5 Å². The number of aliphatic hydroxyl groups excluding tert-OH is 1. The van der Waals surface area contributed by atoms with E-state index in [0.717, 1.165) is 11.5 Å². The highest BCUT2D eigenvalue weighted by Crippen LogP contribution is 2.25. The molecule has 0 unspecified atom stereocenters. The molecule has 1 nitrogen and oxygen atoms in total. The Bertz CT molecular complexity index is 51.7. The zero-order valence-electron chi connectivity index (χ0n) is 3.83. The van der Waals surface area contributed by atoms with Crippen molar-refractivity contribution < 1.29 is 5.11 Å². The maximum Gasteiger partial charge on any atom is 0.0721 e. The summed E-state index contributed by atoms with van der Waals surface area (Å²) >= 11 is 3.38. The van der Waals surface area contributed by atoms with Crippen molar-refractivity contribution in [3.8, 4) is 0 Å². The van der Waals surface area contributed by atoms with E-state index >= 15 is 0 Å². The van der Waals surface area contributed by atoms with Crippen LogP contribution >= 0.6 is 23.5 Å². The molecule has 0 spiro atoms. The third kappa shape index (κ3) is 1.93. The molecule has 0 saturated carbocycles. The average molecular weight is 135 g/mol. The molecule has 1 rings (SSSR count). The van der Waals surface area contributed by atoms with Gasteiger partial charge in [-0.15, -0.1) is 23.5 Å². The molecule has 0 bridgehead atoms. The van der Waals surface area contributed by atoms with Crippen molar-refractivity contribution in [3.05, 3.63) is 5.08 Å². The smallest absolute Gasteiger partial charge is 0.0721 e. The van der Waals surface area contributed by atoms with Crippen molar-refractivity contribution in [1.82, 2.24) is 0 Å². The number of thioether (sulfide) groups is 2. The van der Waals surface area contributed by atoms with Gasteiger partial charge in [-0.25, -0.2) is 0 Å². The van der Waals surface area contributed by atoms with Crippen LogP contribution in [0.5, 0.6) is 0 Å². The van der Waals surface area contributed by atoms with Crippen molar-refractivity contribution in [2.24, 2.45) is 0 Å². The molecule has 0 aromatic rings. The molecule has 1 fully saturated rings. The molecule has 3 heteroatoms. The first-order valence-corrected chi connectivity index (χ1v) is 4.22. The molecule has 1 aliphatic heterocycles. The molecular formula is C4H7OS2. The molecular weight excluding hydrogens is 128 g/mol. The highest BCUT2D eigenvalue weighted by atomic mass is 32.2. The Balaban J connectivity index is 2.12. The van der Waals surface area contributed by atoms with Crippen LogP contribution in [-0.4, -0.2) is 22.7 Å². The number of aliphatic hydroxyl groups is 1. The van der Waals surface area contributed by atoms with Gasteiger partial charge in [0.1, 0.15) is 0 Å². The lowest BCUT2D eigenvalue weighted by Gasteiger charge is -2.13. The first-order valence-electron chi connectivity index (χ1n) is 2.12. The van der Waals surface area contributed by atoms with Crippen LogP contribution in [0, 0.1) is 5.08 Å². The maximum absolute atomic E-state index is 8.85. The number of hydrogen-bond donors (Lipinski definition) is 1. The molecule has 0 aromatic carbocycles. The summed E-state index contributed by atoms with van der Waals surface area (Å²) in [5.74, 6) is 1.76. The molecule has 7 heavy (non-hydrogen) atoms. The first kappa shape index (κ1) is 5.79. The highest BCUT2D eigenvalue weighted by Gasteiger charge is 2.08. The largest absolute Gasteiger partial charge is 0.391 e. The van der Waals surface area contributed by atoms with Gasteiger partial charge >= 0.3 is 0 Å². The molecule has 41 valence electrons. The summed E-state index contributed by atoms with van der Waals surface area (Å²) in [4.78, 5) is 0. The van der Waals surface area contributed by atoms with Crippen LogP contribution < -0.4 is 0 Å². The standard InChI is InChI=1S/C4H7OS2/c5-4-1-6-3-7-2-4/h3-5H,1-2H2. The molecule has 1 N–H and O–H groups in total. The first-order chi connectivity index (χ1) is 3.39. The fraction of sp³-hybridized carbons (Fsp3) is 0.750. The Labute approximate surface area is 51.9 Å². The van der Waals surface area contributed by atoms with Gasteiger partial charge in [-0.2, -0.15) is 0 Å². The fourth-order valence-corrected chi connectivity index (χ4v) is 2.24. The van der Waals surface area contributed by atoms with Crippen LogP contribution in [0.15, 0.2) is 0 Å². The van der Waals surface area contributed by atoms with Gasteiger partial charge in [-0.05, 0) is 0 Å². The maximum atomic E-state index is 8.85. The number of rotatable bonds is 0. The summed E-state index contributed by atoms with van der Waals surface area (Å²) < 4.78 is 0. The van der Waals surface area contributed by atoms with Crippen LogP contribution in [0.25, 0.3) is 0 Å². The van der Waals surface area contributed by atoms with Crippen molar-refractivity contribution in [2.45, 2.75) is 6.10 Å². The van der Waals surface area contributed by atoms with Crippen molar-refractivity contribution in [1.29, 1.82) is 0 Å². The molecule has 1 aliphatic rings. The molecule has 0 amide bonds. The van der Waals surface area contributed by atoms with Crippen LogP contribution in [0.3, 0.4) is 0 Å². The van der Waals surface area contributed by atoms with Gasteiger partial charge < -0.3 is 5.11 Å². The monoisotopic (exact) mass is 135 g/mol. The van der Waals surface area contributed by atoms with Crippen LogP contribution in [0.1, 0.15) is 0 Å². The molecule has 0 atom stereocenters. The Hall–Kier alpha value is 0.660. The van der Waals surface area contributed by atoms with Crippen molar-refractivity contribution >= 4 is 23.5 Å². The summed E-state index contributed by atoms with van der Waals surface area (Å²) in [5.41, 5.74) is 0. The molecule has 1 saturated heterocycles. The van der Waals surface area contributed by atoms with E-state index in [4.69, 9.17) is 5.11 Å². The van der Waals surface area contributed by atoms with Gasteiger partial charge in [0.05, 0.1) is 11.2 Å². The quantitative estimate of drug-likeness (QED) is 0.534. The summed E-state index contributed by atoms with van der Waals surface area (Å²) in [6, 6.07) is 0. The van der Waals surface area contributed by atoms with E-state index in [1.807, 2.05) is 0 Å². The van der Waals surface area contributed by atoms with E-state index in [-0.39, 0.29) is 6.10 Å². The lowest BCUT2D eigenvalue weighted by atomic mass is 10.5. The van der Waals surface area contributed by atoms with Crippen LogP contribution in [0.4, 0.5) is 0 Å². The van der Waals surface area contributed by atoms with E-state index in [2.05, 4.69) is 5.08 Å². The predicted molar refractivity (Wildman–Crippen MR) is 35.2 cm³/mol. The lowest BCUT2D eigenvalue weighted by Crippen LogP contribution is -2.15. The van der Waals surface area contributed by atoms with Gasteiger partial charge in [0.2, 0.25) is 0 Å². The molecule has 0 aliphatic carbocycles. The fourth-order valence-electron chi connectivity index (χ4n) is 0.397. The van der Waals surface area contributed by atoms with Gasteiger partial charge in [0, 0.05) is 11.5 Å². The van der Waals surface area contributed by atoms with Crippen LogP contribution in [0.2, 0.25) is 0 Å². The normalized spacial score (nSPS) is 25.3. The van der Waals surface area contributed by atoms with E-state index in [9.17, 15) is 0 Å². The highest BCUT2D eigenvalue weighted by molar-refractivity contribution is 8.19. The second kappa shape index (κ2) is 2.84. The van der Waals surface area contributed by atoms with E-state index < -0.39 is 0 Å². The Morgan fingerprint density at radius 2 is 2.00 bits per heavy atom. The Morgan fingerprint density at radius 3 is 2.29 bits per heavy atom. The molecule has 0 aromatic heterocycles. The zero-order valence-corrected chi connectivity index (χ0v) is 5.47. The van der Waals surface area contributed by atoms with Gasteiger partial charge in [-0.3, -0.25) is 0 Å². The van der Waals surface area contributed by atoms with Crippen molar-refractivity contribution in [3.63, 3.8) is 0 Å². The average Bonchev–Trinajstić information content (AvgIpc) is 1.69. The summed E-state index contributed by atoms with van der Waals surface area (Å²) in [7, 11) is 0. The summed E-state index contributed by atoms with van der Waals surface area (Å²) in [6.07, 6.45) is -0.0694. The minimum atomic E-state index is -0.0694. The SMILES string of the molecule is OC1CS[CH]SC1. The van der Waals surface area contributed by atoms with E-state index in [0.29, 0.717) is 0 Å². The molecule has 1 heterocycles. The number of hydrogen-bond acceptors (Lipinski definition) is 3. The van der Waals surface area contributed by atoms with E-state index in [1.54, 1.807) is 23.5 Å². The van der Waals surface area contributed by atoms with Gasteiger partial charge in [-0.1, -0.05) is 0 Å². The summed E-state index contributed by atoms with van der Waals surface area (Å²) in [5, 5.41) is 10.9. The second-order valence-corrected chi connectivity index (χ2v) is 3.52. The van der Waals surface area contributed by atoms with Gasteiger partial charge in [0.15, 0.2) is 0 Å². The van der Waals surface area contributed by atoms with Gasteiger partial charge in [0.25, 0.3) is 0 Å². The topological polar surface area (TPSA) is 20.2 Å². The second-order valence-electron chi connectivity index (χ2n) is 1.42. The lowest BCUT2D eigenvalue weighted by molar-refractivity contribution is 0.225.